The minimum atomic E-state index is -1.02. The van der Waals surface area contributed by atoms with Crippen LogP contribution in [-0.4, -0.2) is 24.2 Å². The van der Waals surface area contributed by atoms with Crippen molar-refractivity contribution in [2.24, 2.45) is 0 Å². The number of carbonyl (C=O) groups is 1. The molecular formula is C21H19FN2O2. The molecule has 1 aliphatic rings. The largest absolute Gasteiger partial charge is 0.478 e. The lowest BCUT2D eigenvalue weighted by molar-refractivity contribution is 0.0697. The zero-order chi connectivity index (χ0) is 18.5. The molecule has 0 aromatic heterocycles. The van der Waals surface area contributed by atoms with E-state index in [2.05, 4.69) is 11.0 Å². The molecule has 1 heterocycles. The highest BCUT2D eigenvalue weighted by Crippen LogP contribution is 2.26. The number of allylic oxidation sites excluding steroid dienone is 1. The lowest BCUT2D eigenvalue weighted by atomic mass is 10.0. The molecule has 1 saturated heterocycles. The van der Waals surface area contributed by atoms with Crippen LogP contribution in [0.15, 0.2) is 42.5 Å². The van der Waals surface area contributed by atoms with Crippen molar-refractivity contribution in [1.82, 2.24) is 0 Å². The van der Waals surface area contributed by atoms with Gasteiger partial charge in [-0.25, -0.2) is 9.18 Å². The molecule has 2 aromatic carbocycles. The highest BCUT2D eigenvalue weighted by molar-refractivity contribution is 5.92. The van der Waals surface area contributed by atoms with E-state index in [1.54, 1.807) is 30.3 Å². The first-order valence-electron chi connectivity index (χ1n) is 8.58. The molecule has 1 N–H and O–H groups in total. The van der Waals surface area contributed by atoms with Crippen molar-refractivity contribution < 1.29 is 14.3 Å². The summed E-state index contributed by atoms with van der Waals surface area (Å²) in [7, 11) is 0. The predicted octanol–water partition coefficient (Wildman–Crippen LogP) is 4.58. The van der Waals surface area contributed by atoms with Crippen molar-refractivity contribution in [3.63, 3.8) is 0 Å². The topological polar surface area (TPSA) is 64.3 Å². The Hall–Kier alpha value is -3.13. The van der Waals surface area contributed by atoms with Crippen LogP contribution in [-0.2, 0) is 0 Å². The van der Waals surface area contributed by atoms with Gasteiger partial charge in [-0.1, -0.05) is 18.2 Å². The molecule has 26 heavy (non-hydrogen) atoms. The van der Waals surface area contributed by atoms with Gasteiger partial charge in [0.05, 0.1) is 22.9 Å². The van der Waals surface area contributed by atoms with Crippen LogP contribution in [0.2, 0.25) is 0 Å². The second-order valence-corrected chi connectivity index (χ2v) is 6.31. The van der Waals surface area contributed by atoms with Gasteiger partial charge in [0.2, 0.25) is 0 Å². The molecule has 0 spiro atoms. The molecule has 0 bridgehead atoms. The Labute approximate surface area is 151 Å². The average Bonchev–Trinajstić information content (AvgIpc) is 2.67. The standard InChI is InChI=1S/C21H19FN2O2/c22-19-13-15(4-9-20(19)24-10-2-1-3-11-24)12-18(14-23)16-5-7-17(8-6-16)21(25)26/h4-9,12-13H,1-3,10-11H2,(H,25,26)/b18-12-. The van der Waals surface area contributed by atoms with Gasteiger partial charge in [-0.15, -0.1) is 0 Å². The molecule has 0 radical (unpaired) electrons. The first-order chi connectivity index (χ1) is 12.6. The highest BCUT2D eigenvalue weighted by atomic mass is 19.1. The third kappa shape index (κ3) is 3.92. The molecular weight excluding hydrogens is 331 g/mol. The zero-order valence-corrected chi connectivity index (χ0v) is 14.3. The number of carboxylic acids is 1. The molecule has 0 atom stereocenters. The highest BCUT2D eigenvalue weighted by Gasteiger charge is 2.15. The van der Waals surface area contributed by atoms with E-state index < -0.39 is 5.97 Å². The van der Waals surface area contributed by atoms with Crippen LogP contribution in [0.25, 0.3) is 11.6 Å². The summed E-state index contributed by atoms with van der Waals surface area (Å²) in [5.74, 6) is -1.31. The molecule has 0 saturated carbocycles. The van der Waals surface area contributed by atoms with Crippen molar-refractivity contribution in [1.29, 1.82) is 5.26 Å². The van der Waals surface area contributed by atoms with Crippen LogP contribution in [0, 0.1) is 17.1 Å². The van der Waals surface area contributed by atoms with Gasteiger partial charge in [0, 0.05) is 13.1 Å². The van der Waals surface area contributed by atoms with Gasteiger partial charge in [0.15, 0.2) is 0 Å². The summed E-state index contributed by atoms with van der Waals surface area (Å²) in [6.45, 7) is 1.73. The Morgan fingerprint density at radius 2 is 1.73 bits per heavy atom. The van der Waals surface area contributed by atoms with Crippen LogP contribution in [0.1, 0.15) is 40.7 Å². The first kappa shape index (κ1) is 17.7. The maximum absolute atomic E-state index is 14.5. The number of halogens is 1. The second-order valence-electron chi connectivity index (χ2n) is 6.31. The third-order valence-electron chi connectivity index (χ3n) is 4.54. The van der Waals surface area contributed by atoms with Gasteiger partial charge < -0.3 is 10.0 Å². The Kier molecular flexibility index (Phi) is 5.33. The van der Waals surface area contributed by atoms with Crippen LogP contribution < -0.4 is 4.90 Å². The average molecular weight is 350 g/mol. The molecule has 1 fully saturated rings. The zero-order valence-electron chi connectivity index (χ0n) is 14.3. The minimum Gasteiger partial charge on any atom is -0.478 e. The van der Waals surface area contributed by atoms with E-state index in [1.807, 2.05) is 0 Å². The Morgan fingerprint density at radius 3 is 2.31 bits per heavy atom. The van der Waals surface area contributed by atoms with Gasteiger partial charge in [0.25, 0.3) is 0 Å². The SMILES string of the molecule is N#C/C(=C/c1ccc(N2CCCCC2)c(F)c1)c1ccc(C(=O)O)cc1. The molecule has 0 aliphatic carbocycles. The second kappa shape index (κ2) is 7.83. The summed E-state index contributed by atoms with van der Waals surface area (Å²) in [6, 6.07) is 13.1. The molecule has 0 amide bonds. The maximum atomic E-state index is 14.5. The number of nitriles is 1. The number of piperidine rings is 1. The number of nitrogens with zero attached hydrogens (tertiary/aromatic N) is 2. The number of carboxylic acid groups (broad SMARTS) is 1. The van der Waals surface area contributed by atoms with E-state index in [0.29, 0.717) is 22.4 Å². The van der Waals surface area contributed by atoms with Crippen molar-refractivity contribution in [3.8, 4) is 6.07 Å². The van der Waals surface area contributed by atoms with Crippen LogP contribution in [0.4, 0.5) is 10.1 Å². The van der Waals surface area contributed by atoms with Crippen LogP contribution >= 0.6 is 0 Å². The minimum absolute atomic E-state index is 0.156. The monoisotopic (exact) mass is 350 g/mol. The number of hydrogen-bond donors (Lipinski definition) is 1. The van der Waals surface area contributed by atoms with Gasteiger partial charge in [-0.2, -0.15) is 5.26 Å². The summed E-state index contributed by atoms with van der Waals surface area (Å²) in [6.07, 6.45) is 4.95. The third-order valence-corrected chi connectivity index (χ3v) is 4.54. The van der Waals surface area contributed by atoms with E-state index in [-0.39, 0.29) is 11.4 Å². The van der Waals surface area contributed by atoms with E-state index in [1.165, 1.54) is 24.6 Å². The van der Waals surface area contributed by atoms with Crippen molar-refractivity contribution in [3.05, 3.63) is 65.0 Å². The quantitative estimate of drug-likeness (QED) is 0.648. The normalized spacial score (nSPS) is 14.8. The van der Waals surface area contributed by atoms with Crippen molar-refractivity contribution in [2.45, 2.75) is 19.3 Å². The van der Waals surface area contributed by atoms with Crippen LogP contribution in [0.3, 0.4) is 0 Å². The fraction of sp³-hybridized carbons (Fsp3) is 0.238. The van der Waals surface area contributed by atoms with Gasteiger partial charge >= 0.3 is 5.97 Å². The molecule has 0 unspecified atom stereocenters. The lowest BCUT2D eigenvalue weighted by Gasteiger charge is -2.29. The lowest BCUT2D eigenvalue weighted by Crippen LogP contribution is -2.30. The fourth-order valence-electron chi connectivity index (χ4n) is 3.14. The van der Waals surface area contributed by atoms with Gasteiger partial charge in [-0.3, -0.25) is 0 Å². The number of hydrogen-bond acceptors (Lipinski definition) is 3. The summed E-state index contributed by atoms with van der Waals surface area (Å²) >= 11 is 0. The number of anilines is 1. The Balaban J connectivity index is 1.86. The molecule has 132 valence electrons. The van der Waals surface area contributed by atoms with Crippen molar-refractivity contribution in [2.75, 3.05) is 18.0 Å². The molecule has 4 nitrogen and oxygen atoms in total. The summed E-state index contributed by atoms with van der Waals surface area (Å²) < 4.78 is 14.5. The van der Waals surface area contributed by atoms with Gasteiger partial charge in [-0.05, 0) is 60.7 Å². The van der Waals surface area contributed by atoms with Gasteiger partial charge in [0.1, 0.15) is 5.82 Å². The Morgan fingerprint density at radius 1 is 1.08 bits per heavy atom. The molecule has 3 rings (SSSR count). The Bertz CT molecular complexity index is 876. The van der Waals surface area contributed by atoms with E-state index in [0.717, 1.165) is 25.9 Å². The molecule has 2 aromatic rings. The smallest absolute Gasteiger partial charge is 0.335 e. The van der Waals surface area contributed by atoms with Crippen LogP contribution in [0.5, 0.6) is 0 Å². The van der Waals surface area contributed by atoms with E-state index in [9.17, 15) is 14.4 Å². The molecule has 1 aliphatic heterocycles. The number of aromatic carboxylic acids is 1. The maximum Gasteiger partial charge on any atom is 0.335 e. The van der Waals surface area contributed by atoms with Crippen molar-refractivity contribution >= 4 is 23.3 Å². The molecule has 5 heteroatoms. The van der Waals surface area contributed by atoms with E-state index in [4.69, 9.17) is 5.11 Å². The summed E-state index contributed by atoms with van der Waals surface area (Å²) in [5.41, 5.74) is 2.31. The summed E-state index contributed by atoms with van der Waals surface area (Å²) in [4.78, 5) is 13.0. The predicted molar refractivity (Wildman–Crippen MR) is 99.3 cm³/mol. The first-order valence-corrected chi connectivity index (χ1v) is 8.58. The summed E-state index contributed by atoms with van der Waals surface area (Å²) in [5, 5.41) is 18.4. The number of rotatable bonds is 4. The van der Waals surface area contributed by atoms with E-state index >= 15 is 0 Å². The number of benzene rings is 2. The fourth-order valence-corrected chi connectivity index (χ4v) is 3.14.